The number of hydrogen-bond acceptors (Lipinski definition) is 5. The van der Waals surface area contributed by atoms with Crippen molar-refractivity contribution in [1.29, 1.82) is 0 Å². The third-order valence-electron chi connectivity index (χ3n) is 3.04. The van der Waals surface area contributed by atoms with Crippen molar-refractivity contribution in [2.45, 2.75) is 0 Å². The molecule has 107 valence electrons. The third kappa shape index (κ3) is 2.91. The fraction of sp³-hybridized carbons (Fsp3) is 0.143. The zero-order valence-electron chi connectivity index (χ0n) is 11.3. The molecule has 0 saturated carbocycles. The van der Waals surface area contributed by atoms with Crippen molar-refractivity contribution >= 4 is 29.2 Å². The summed E-state index contributed by atoms with van der Waals surface area (Å²) >= 11 is 5.88. The number of fused-ring (bicyclic) bond motifs is 1. The van der Waals surface area contributed by atoms with Crippen molar-refractivity contribution in [3.63, 3.8) is 0 Å². The highest BCUT2D eigenvalue weighted by atomic mass is 35.5. The molecule has 2 aliphatic heterocycles. The fourth-order valence-corrected chi connectivity index (χ4v) is 2.19. The molecule has 3 rings (SSSR count). The molecule has 0 atom stereocenters. The van der Waals surface area contributed by atoms with E-state index >= 15 is 0 Å². The van der Waals surface area contributed by atoms with Gasteiger partial charge >= 0.3 is 0 Å². The average molecular weight is 305 g/mol. The minimum Gasteiger partial charge on any atom is -0.497 e. The summed E-state index contributed by atoms with van der Waals surface area (Å²) in [4.78, 5) is 18.3. The normalized spacial score (nSPS) is 17.1. The van der Waals surface area contributed by atoms with E-state index in [9.17, 15) is 4.79 Å². The molecule has 0 bridgehead atoms. The van der Waals surface area contributed by atoms with Crippen LogP contribution in [0.25, 0.3) is 0 Å². The van der Waals surface area contributed by atoms with Crippen LogP contribution in [-0.4, -0.2) is 29.9 Å². The molecule has 1 amide bonds. The summed E-state index contributed by atoms with van der Waals surface area (Å²) in [5, 5.41) is 2.79. The van der Waals surface area contributed by atoms with Gasteiger partial charge < -0.3 is 10.1 Å². The van der Waals surface area contributed by atoms with E-state index in [4.69, 9.17) is 16.5 Å². The lowest BCUT2D eigenvalue weighted by Gasteiger charge is -2.13. The zero-order chi connectivity index (χ0) is 14.8. The Hall–Kier alpha value is -2.31. The standard InChI is InChI=1S/C14H13ClN4O2/c1-21-11-4-2-3-10(7-11)16-14(20)12-8-18-9-19(15)6-5-13(18)17-12/h2-8H,9H2,1H3,(H,16,20)/q+1. The van der Waals surface area contributed by atoms with Crippen molar-refractivity contribution in [3.05, 3.63) is 48.4 Å². The smallest absolute Gasteiger partial charge is 0.285 e. The minimum absolute atomic E-state index is 0.278. The summed E-state index contributed by atoms with van der Waals surface area (Å²) in [6.07, 6.45) is 5.12. The maximum Gasteiger partial charge on any atom is 0.285 e. The van der Waals surface area contributed by atoms with E-state index < -0.39 is 0 Å². The summed E-state index contributed by atoms with van der Waals surface area (Å²) in [6, 6.07) is 7.15. The van der Waals surface area contributed by atoms with Crippen LogP contribution in [0.2, 0.25) is 0 Å². The summed E-state index contributed by atoms with van der Waals surface area (Å²) in [5.41, 5.74) is 0.990. The van der Waals surface area contributed by atoms with Gasteiger partial charge in [0, 0.05) is 35.8 Å². The molecule has 2 aliphatic rings. The van der Waals surface area contributed by atoms with Gasteiger partial charge in [0.15, 0.2) is 11.9 Å². The molecule has 1 N–H and O–H groups in total. The van der Waals surface area contributed by atoms with Gasteiger partial charge in [-0.2, -0.15) is 4.99 Å². The van der Waals surface area contributed by atoms with Crippen LogP contribution >= 0.6 is 11.8 Å². The molecule has 1 aromatic rings. The number of carbonyl (C=O) groups is 1. The van der Waals surface area contributed by atoms with Crippen LogP contribution in [0, 0.1) is 0 Å². The van der Waals surface area contributed by atoms with E-state index in [2.05, 4.69) is 10.3 Å². The Labute approximate surface area is 127 Å². The van der Waals surface area contributed by atoms with Crippen LogP contribution in [0.1, 0.15) is 0 Å². The second-order valence-electron chi connectivity index (χ2n) is 4.50. The fourth-order valence-electron chi connectivity index (χ4n) is 2.02. The van der Waals surface area contributed by atoms with Crippen molar-refractivity contribution in [1.82, 2.24) is 9.32 Å². The van der Waals surface area contributed by atoms with Gasteiger partial charge in [-0.1, -0.05) is 11.0 Å². The molecule has 0 fully saturated rings. The van der Waals surface area contributed by atoms with E-state index in [1.54, 1.807) is 48.7 Å². The lowest BCUT2D eigenvalue weighted by Crippen LogP contribution is -2.37. The van der Waals surface area contributed by atoms with Gasteiger partial charge in [0.2, 0.25) is 6.67 Å². The highest BCUT2D eigenvalue weighted by molar-refractivity contribution is 6.16. The summed E-state index contributed by atoms with van der Waals surface area (Å²) < 4.78 is 6.60. The van der Waals surface area contributed by atoms with Gasteiger partial charge in [0.1, 0.15) is 5.75 Å². The topological polar surface area (TPSA) is 59.8 Å². The van der Waals surface area contributed by atoms with E-state index in [-0.39, 0.29) is 5.91 Å². The van der Waals surface area contributed by atoms with Crippen LogP contribution in [0.3, 0.4) is 0 Å². The maximum atomic E-state index is 12.2. The largest absolute Gasteiger partial charge is 0.497 e. The van der Waals surface area contributed by atoms with Crippen LogP contribution in [-0.2, 0) is 4.79 Å². The van der Waals surface area contributed by atoms with Crippen LogP contribution < -0.4 is 15.0 Å². The Morgan fingerprint density at radius 2 is 2.38 bits per heavy atom. The highest BCUT2D eigenvalue weighted by Gasteiger charge is 2.34. The van der Waals surface area contributed by atoms with Gasteiger partial charge in [0.05, 0.1) is 7.11 Å². The van der Waals surface area contributed by atoms with E-state index in [1.807, 2.05) is 6.07 Å². The molecular formula is C14H13ClN4O2+. The molecule has 1 aromatic carbocycles. The first-order valence-electron chi connectivity index (χ1n) is 6.29. The lowest BCUT2D eigenvalue weighted by atomic mass is 10.3. The highest BCUT2D eigenvalue weighted by Crippen LogP contribution is 2.20. The number of aliphatic imine (C=N–C) groups is 1. The molecule has 0 aliphatic carbocycles. The molecule has 0 unspecified atom stereocenters. The first-order valence-corrected chi connectivity index (χ1v) is 6.63. The number of rotatable bonds is 3. The number of nitrogens with one attached hydrogen (secondary N) is 1. The number of nitrogens with zero attached hydrogens (tertiary/aromatic N) is 3. The SMILES string of the molecule is COc1cccc(NC(=O)C2=C[N+]3CN(Cl)C=CC3=N2)c1. The molecule has 0 saturated heterocycles. The van der Waals surface area contributed by atoms with Crippen molar-refractivity contribution in [3.8, 4) is 5.75 Å². The molecule has 0 aromatic heterocycles. The molecule has 7 heteroatoms. The minimum atomic E-state index is -0.278. The van der Waals surface area contributed by atoms with Crippen molar-refractivity contribution in [2.75, 3.05) is 19.1 Å². The maximum absolute atomic E-state index is 12.2. The van der Waals surface area contributed by atoms with Crippen LogP contribution in [0.5, 0.6) is 5.75 Å². The van der Waals surface area contributed by atoms with E-state index in [1.165, 1.54) is 4.42 Å². The molecule has 2 heterocycles. The van der Waals surface area contributed by atoms with E-state index in [0.717, 1.165) is 0 Å². The number of halogens is 1. The number of ether oxygens (including phenoxy) is 1. The number of hydrogen-bond donors (Lipinski definition) is 1. The van der Waals surface area contributed by atoms with Crippen LogP contribution in [0.15, 0.2) is 53.4 Å². The average Bonchev–Trinajstić information content (AvgIpc) is 2.90. The monoisotopic (exact) mass is 304 g/mol. The molecule has 6 nitrogen and oxygen atoms in total. The Morgan fingerprint density at radius 1 is 1.52 bits per heavy atom. The van der Waals surface area contributed by atoms with Crippen LogP contribution in [0.4, 0.5) is 5.69 Å². The van der Waals surface area contributed by atoms with Gasteiger partial charge in [-0.25, -0.2) is 4.42 Å². The summed E-state index contributed by atoms with van der Waals surface area (Å²) in [5.74, 6) is 1.10. The Bertz CT molecular complexity index is 669. The number of carbonyl (C=O) groups excluding carboxylic acids is 1. The van der Waals surface area contributed by atoms with Crippen molar-refractivity contribution in [2.24, 2.45) is 4.99 Å². The Morgan fingerprint density at radius 3 is 3.19 bits per heavy atom. The zero-order valence-corrected chi connectivity index (χ0v) is 12.0. The van der Waals surface area contributed by atoms with Gasteiger partial charge in [-0.3, -0.25) is 4.79 Å². The van der Waals surface area contributed by atoms with Gasteiger partial charge in [0.25, 0.3) is 11.7 Å². The summed E-state index contributed by atoms with van der Waals surface area (Å²) in [7, 11) is 1.58. The van der Waals surface area contributed by atoms with E-state index in [0.29, 0.717) is 29.6 Å². The second-order valence-corrected chi connectivity index (χ2v) is 4.93. The number of anilines is 1. The first-order chi connectivity index (χ1) is 10.2. The molecular weight excluding hydrogens is 292 g/mol. The Kier molecular flexibility index (Phi) is 3.64. The predicted molar refractivity (Wildman–Crippen MR) is 81.0 cm³/mol. The van der Waals surface area contributed by atoms with Gasteiger partial charge in [-0.15, -0.1) is 0 Å². The van der Waals surface area contributed by atoms with Crippen molar-refractivity contribution < 1.29 is 9.53 Å². The quantitative estimate of drug-likeness (QED) is 0.686. The number of amides is 1. The molecule has 1 radical (unpaired) electrons. The first kappa shape index (κ1) is 13.7. The number of benzene rings is 1. The van der Waals surface area contributed by atoms with Gasteiger partial charge in [-0.05, 0) is 12.1 Å². The molecule has 21 heavy (non-hydrogen) atoms. The summed E-state index contributed by atoms with van der Waals surface area (Å²) in [6.45, 7) is 0.451. The lowest BCUT2D eigenvalue weighted by molar-refractivity contribution is -0.112. The Balaban J connectivity index is 1.73. The third-order valence-corrected chi connectivity index (χ3v) is 3.26. The molecule has 0 spiro atoms. The second kappa shape index (κ2) is 5.59. The number of amidine groups is 1. The number of methoxy groups -OCH3 is 1. The predicted octanol–water partition coefficient (Wildman–Crippen LogP) is 1.97.